The first-order valence-corrected chi connectivity index (χ1v) is 6.34. The summed E-state index contributed by atoms with van der Waals surface area (Å²) >= 11 is 0. The molecule has 2 rings (SSSR count). The van der Waals surface area contributed by atoms with Gasteiger partial charge in [0.15, 0.2) is 0 Å². The third-order valence-electron chi connectivity index (χ3n) is 2.74. The van der Waals surface area contributed by atoms with E-state index in [9.17, 15) is 4.79 Å². The van der Waals surface area contributed by atoms with Gasteiger partial charge < -0.3 is 4.74 Å². The lowest BCUT2D eigenvalue weighted by Gasteiger charge is -2.22. The van der Waals surface area contributed by atoms with Gasteiger partial charge in [-0.2, -0.15) is 0 Å². The molecule has 0 bridgehead atoms. The minimum absolute atomic E-state index is 0.322. The fraction of sp³-hybridized carbons (Fsp3) is 0.188. The molecule has 0 heterocycles. The first-order chi connectivity index (χ1) is 9.31. The second kappa shape index (κ2) is 6.59. The van der Waals surface area contributed by atoms with E-state index >= 15 is 0 Å². The summed E-state index contributed by atoms with van der Waals surface area (Å²) in [4.78, 5) is 13.7. The summed E-state index contributed by atoms with van der Waals surface area (Å²) in [5.74, 6) is 0. The first-order valence-electron chi connectivity index (χ1n) is 6.34. The van der Waals surface area contributed by atoms with E-state index in [1.807, 2.05) is 67.6 Å². The van der Waals surface area contributed by atoms with E-state index in [0.29, 0.717) is 13.2 Å². The van der Waals surface area contributed by atoms with Crippen LogP contribution in [-0.2, 0) is 11.3 Å². The van der Waals surface area contributed by atoms with Crippen molar-refractivity contribution < 1.29 is 9.53 Å². The highest BCUT2D eigenvalue weighted by molar-refractivity contribution is 5.87. The van der Waals surface area contributed by atoms with Gasteiger partial charge in [-0.25, -0.2) is 4.79 Å². The van der Waals surface area contributed by atoms with Gasteiger partial charge in [0.05, 0.1) is 13.2 Å². The minimum Gasteiger partial charge on any atom is -0.449 e. The van der Waals surface area contributed by atoms with Gasteiger partial charge in [0, 0.05) is 5.69 Å². The van der Waals surface area contributed by atoms with Crippen molar-refractivity contribution in [1.29, 1.82) is 0 Å². The van der Waals surface area contributed by atoms with E-state index in [1.165, 1.54) is 0 Å². The molecule has 0 spiro atoms. The summed E-state index contributed by atoms with van der Waals surface area (Å²) in [6, 6.07) is 19.4. The SMILES string of the molecule is CCOC(=O)N(Cc1ccccc1)c1ccccc1. The van der Waals surface area contributed by atoms with E-state index in [2.05, 4.69) is 0 Å². The Morgan fingerprint density at radius 2 is 1.58 bits per heavy atom. The van der Waals surface area contributed by atoms with Crippen molar-refractivity contribution in [1.82, 2.24) is 0 Å². The number of carbonyl (C=O) groups excluding carboxylic acids is 1. The van der Waals surface area contributed by atoms with Crippen molar-refractivity contribution in [2.75, 3.05) is 11.5 Å². The maximum absolute atomic E-state index is 12.1. The van der Waals surface area contributed by atoms with E-state index in [4.69, 9.17) is 4.74 Å². The van der Waals surface area contributed by atoms with E-state index in [1.54, 1.807) is 4.90 Å². The fourth-order valence-electron chi connectivity index (χ4n) is 1.84. The van der Waals surface area contributed by atoms with Crippen LogP contribution in [0.5, 0.6) is 0 Å². The topological polar surface area (TPSA) is 29.5 Å². The number of nitrogens with zero attached hydrogens (tertiary/aromatic N) is 1. The predicted molar refractivity (Wildman–Crippen MR) is 76.1 cm³/mol. The smallest absolute Gasteiger partial charge is 0.414 e. The van der Waals surface area contributed by atoms with Crippen LogP contribution in [-0.4, -0.2) is 12.7 Å². The van der Waals surface area contributed by atoms with Gasteiger partial charge in [-0.3, -0.25) is 4.90 Å². The molecule has 98 valence electrons. The maximum atomic E-state index is 12.1. The molecule has 19 heavy (non-hydrogen) atoms. The Hall–Kier alpha value is -2.29. The number of ether oxygens (including phenoxy) is 1. The number of hydrogen-bond donors (Lipinski definition) is 0. The third-order valence-corrected chi connectivity index (χ3v) is 2.74. The molecular formula is C16H17NO2. The van der Waals surface area contributed by atoms with Crippen molar-refractivity contribution in [3.8, 4) is 0 Å². The molecule has 0 saturated carbocycles. The molecule has 3 nitrogen and oxygen atoms in total. The van der Waals surface area contributed by atoms with Crippen molar-refractivity contribution in [3.05, 3.63) is 66.2 Å². The molecule has 0 fully saturated rings. The van der Waals surface area contributed by atoms with Crippen LogP contribution in [0.25, 0.3) is 0 Å². The molecule has 0 N–H and O–H groups in total. The number of amides is 1. The Morgan fingerprint density at radius 1 is 1.00 bits per heavy atom. The zero-order valence-electron chi connectivity index (χ0n) is 11.0. The van der Waals surface area contributed by atoms with Gasteiger partial charge in [-0.1, -0.05) is 48.5 Å². The molecule has 0 aliphatic heterocycles. The highest BCUT2D eigenvalue weighted by Crippen LogP contribution is 2.17. The number of hydrogen-bond acceptors (Lipinski definition) is 2. The number of rotatable bonds is 4. The van der Waals surface area contributed by atoms with Crippen LogP contribution in [0.3, 0.4) is 0 Å². The summed E-state index contributed by atoms with van der Waals surface area (Å²) in [5.41, 5.74) is 1.91. The van der Waals surface area contributed by atoms with Crippen LogP contribution in [0.4, 0.5) is 10.5 Å². The molecule has 0 aromatic heterocycles. The number of para-hydroxylation sites is 1. The highest BCUT2D eigenvalue weighted by atomic mass is 16.6. The predicted octanol–water partition coefficient (Wildman–Crippen LogP) is 3.85. The van der Waals surface area contributed by atoms with E-state index in [-0.39, 0.29) is 6.09 Å². The number of carbonyl (C=O) groups is 1. The van der Waals surface area contributed by atoms with Crippen molar-refractivity contribution in [3.63, 3.8) is 0 Å². The minimum atomic E-state index is -0.322. The lowest BCUT2D eigenvalue weighted by molar-refractivity contribution is 0.159. The maximum Gasteiger partial charge on any atom is 0.414 e. The van der Waals surface area contributed by atoms with Gasteiger partial charge >= 0.3 is 6.09 Å². The van der Waals surface area contributed by atoms with Crippen LogP contribution in [0.1, 0.15) is 12.5 Å². The van der Waals surface area contributed by atoms with Crippen LogP contribution >= 0.6 is 0 Å². The van der Waals surface area contributed by atoms with Crippen molar-refractivity contribution in [2.24, 2.45) is 0 Å². The third kappa shape index (κ3) is 3.58. The van der Waals surface area contributed by atoms with Gasteiger partial charge in [0.25, 0.3) is 0 Å². The largest absolute Gasteiger partial charge is 0.449 e. The zero-order chi connectivity index (χ0) is 13.5. The van der Waals surface area contributed by atoms with Crippen molar-refractivity contribution >= 4 is 11.8 Å². The molecule has 3 heteroatoms. The van der Waals surface area contributed by atoms with Gasteiger partial charge in [0.1, 0.15) is 0 Å². The highest BCUT2D eigenvalue weighted by Gasteiger charge is 2.16. The van der Waals surface area contributed by atoms with Gasteiger partial charge in [0.2, 0.25) is 0 Å². The molecule has 2 aromatic carbocycles. The van der Waals surface area contributed by atoms with E-state index < -0.39 is 0 Å². The molecule has 0 atom stereocenters. The molecule has 2 aromatic rings. The first kappa shape index (κ1) is 13.1. The number of anilines is 1. The summed E-state index contributed by atoms with van der Waals surface area (Å²) in [6.07, 6.45) is -0.322. The molecule has 0 aliphatic rings. The normalized spacial score (nSPS) is 9.95. The molecular weight excluding hydrogens is 238 g/mol. The summed E-state index contributed by atoms with van der Waals surface area (Å²) in [6.45, 7) is 2.68. The Balaban J connectivity index is 2.22. The zero-order valence-corrected chi connectivity index (χ0v) is 11.0. The second-order valence-corrected chi connectivity index (χ2v) is 4.11. The monoisotopic (exact) mass is 255 g/mol. The quantitative estimate of drug-likeness (QED) is 0.830. The molecule has 0 unspecified atom stereocenters. The van der Waals surface area contributed by atoms with Crippen LogP contribution in [0, 0.1) is 0 Å². The van der Waals surface area contributed by atoms with Crippen molar-refractivity contribution in [2.45, 2.75) is 13.5 Å². The summed E-state index contributed by atoms with van der Waals surface area (Å²) < 4.78 is 5.12. The van der Waals surface area contributed by atoms with Crippen LogP contribution in [0.2, 0.25) is 0 Å². The Bertz CT molecular complexity index is 511. The summed E-state index contributed by atoms with van der Waals surface area (Å²) in [5, 5.41) is 0. The van der Waals surface area contributed by atoms with E-state index in [0.717, 1.165) is 11.3 Å². The lowest BCUT2D eigenvalue weighted by atomic mass is 10.2. The average molecular weight is 255 g/mol. The molecule has 0 saturated heterocycles. The fourth-order valence-corrected chi connectivity index (χ4v) is 1.84. The van der Waals surface area contributed by atoms with Crippen LogP contribution < -0.4 is 4.90 Å². The lowest BCUT2D eigenvalue weighted by Crippen LogP contribution is -2.30. The standard InChI is InChI=1S/C16H17NO2/c1-2-19-16(18)17(15-11-7-4-8-12-15)13-14-9-5-3-6-10-14/h3-12H,2,13H2,1H3. The Kier molecular flexibility index (Phi) is 4.56. The Labute approximate surface area is 113 Å². The molecule has 1 amide bonds. The molecule has 0 radical (unpaired) electrons. The van der Waals surface area contributed by atoms with Crippen LogP contribution in [0.15, 0.2) is 60.7 Å². The second-order valence-electron chi connectivity index (χ2n) is 4.11. The van der Waals surface area contributed by atoms with Gasteiger partial charge in [-0.05, 0) is 24.6 Å². The molecule has 0 aliphatic carbocycles. The summed E-state index contributed by atoms with van der Waals surface area (Å²) in [7, 11) is 0. The Morgan fingerprint density at radius 3 is 2.16 bits per heavy atom. The van der Waals surface area contributed by atoms with Gasteiger partial charge in [-0.15, -0.1) is 0 Å². The average Bonchev–Trinajstić information content (AvgIpc) is 2.47. The number of benzene rings is 2.